The Balaban J connectivity index is -0.00000180. The molecule has 0 aliphatic heterocycles. The van der Waals surface area contributed by atoms with Crippen LogP contribution in [0.25, 0.3) is 0 Å². The van der Waals surface area contributed by atoms with Crippen LogP contribution < -0.4 is 30.1 Å². The Kier molecular flexibility index (Phi) is 13.6. The maximum atomic E-state index is 11.3. The number of nitrogens with one attached hydrogen (secondary N) is 1. The highest BCUT2D eigenvalue weighted by atomic mass is 35.5. The van der Waals surface area contributed by atoms with Gasteiger partial charge in [-0.2, -0.15) is 0 Å². The van der Waals surface area contributed by atoms with Gasteiger partial charge in [0.15, 0.2) is 6.10 Å². The molecule has 0 aliphatic rings. The van der Waals surface area contributed by atoms with Gasteiger partial charge >= 0.3 is 0 Å². The third-order valence-corrected chi connectivity index (χ3v) is 3.08. The van der Waals surface area contributed by atoms with Crippen molar-refractivity contribution in [3.8, 4) is 0 Å². The van der Waals surface area contributed by atoms with Gasteiger partial charge in [-0.05, 0) is 6.92 Å². The van der Waals surface area contributed by atoms with Crippen molar-refractivity contribution in [3.05, 3.63) is 12.2 Å². The van der Waals surface area contributed by atoms with E-state index in [4.69, 9.17) is 0 Å². The van der Waals surface area contributed by atoms with Crippen molar-refractivity contribution in [1.29, 1.82) is 0 Å². The van der Waals surface area contributed by atoms with Crippen LogP contribution in [0.15, 0.2) is 12.2 Å². The molecule has 5 nitrogen and oxygen atoms in total. The molecule has 7 heteroatoms. The van der Waals surface area contributed by atoms with Gasteiger partial charge in [0.2, 0.25) is 5.91 Å². The van der Waals surface area contributed by atoms with E-state index in [-0.39, 0.29) is 36.8 Å². The Morgan fingerprint density at radius 3 is 2.05 bits per heavy atom. The second kappa shape index (κ2) is 11.2. The average Bonchev–Trinajstić information content (AvgIpc) is 2.19. The quantitative estimate of drug-likeness (QED) is 0.245. The molecule has 22 heavy (non-hydrogen) atoms. The van der Waals surface area contributed by atoms with E-state index in [1.165, 1.54) is 0 Å². The Hall–Kier alpha value is -0.330. The number of hydrogen-bond acceptors (Lipinski definition) is 2. The van der Waals surface area contributed by atoms with E-state index >= 15 is 0 Å². The van der Waals surface area contributed by atoms with E-state index in [1.807, 2.05) is 0 Å². The monoisotopic (exact) mass is 357 g/mol. The summed E-state index contributed by atoms with van der Waals surface area (Å²) in [7, 11) is 10.5. The number of aliphatic hydroxyl groups excluding tert-OH is 1. The summed E-state index contributed by atoms with van der Waals surface area (Å²) in [6.45, 7) is 8.35. The summed E-state index contributed by atoms with van der Waals surface area (Å²) in [6, 6.07) is 0. The lowest BCUT2D eigenvalue weighted by Crippen LogP contribution is -3.00. The number of carbonyl (C=O) groups excluding carboxylic acids is 1. The molecule has 0 aliphatic carbocycles. The molecule has 134 valence electrons. The highest BCUT2D eigenvalue weighted by Crippen LogP contribution is 2.04. The van der Waals surface area contributed by atoms with Crippen LogP contribution in [0.1, 0.15) is 13.3 Å². The van der Waals surface area contributed by atoms with E-state index in [2.05, 4.69) is 47.1 Å². The van der Waals surface area contributed by atoms with Gasteiger partial charge in [-0.3, -0.25) is 4.79 Å². The van der Waals surface area contributed by atoms with Crippen molar-refractivity contribution in [2.45, 2.75) is 19.4 Å². The standard InChI is InChI=1S/C15H32N3O2.2ClH/c1-13(2)15(20)16-9-8-10-18(6,7)12-14(19)11-17(3,4)5;;/h14,19H,1,8-12H2,2-7H3;2*1H/q+1;;/p-1. The minimum atomic E-state index is -0.310. The number of amides is 1. The van der Waals surface area contributed by atoms with Gasteiger partial charge < -0.3 is 44.2 Å². The smallest absolute Gasteiger partial charge is 0.246 e. The number of hydrogen-bond donors (Lipinski definition) is 2. The fraction of sp³-hybridized carbons (Fsp3) is 0.800. The maximum absolute atomic E-state index is 11.3. The zero-order valence-corrected chi connectivity index (χ0v) is 16.3. The fourth-order valence-corrected chi connectivity index (χ4v) is 2.21. The second-order valence-corrected chi connectivity index (χ2v) is 7.36. The SMILES string of the molecule is C=C(C)C(=O)NCCC[N+](C)(C)CC(O)C[N+](C)(C)C.[Cl-].[Cl-]. The van der Waals surface area contributed by atoms with Gasteiger partial charge in [0.1, 0.15) is 13.1 Å². The van der Waals surface area contributed by atoms with E-state index in [1.54, 1.807) is 6.92 Å². The summed E-state index contributed by atoms with van der Waals surface area (Å²) in [6.07, 6.45) is 0.582. The molecule has 0 aromatic heterocycles. The summed E-state index contributed by atoms with van der Waals surface area (Å²) in [5, 5.41) is 13.0. The number of halogens is 2. The van der Waals surface area contributed by atoms with E-state index in [0.29, 0.717) is 12.1 Å². The molecular weight excluding hydrogens is 325 g/mol. The van der Waals surface area contributed by atoms with Crippen LogP contribution in [0.5, 0.6) is 0 Å². The van der Waals surface area contributed by atoms with E-state index in [9.17, 15) is 9.90 Å². The predicted octanol–water partition coefficient (Wildman–Crippen LogP) is -5.78. The topological polar surface area (TPSA) is 49.3 Å². The summed E-state index contributed by atoms with van der Waals surface area (Å²) < 4.78 is 1.51. The predicted molar refractivity (Wildman–Crippen MR) is 83.2 cm³/mol. The summed E-state index contributed by atoms with van der Waals surface area (Å²) in [5.74, 6) is -0.0830. The molecule has 0 spiro atoms. The van der Waals surface area contributed by atoms with Crippen LogP contribution in [0.4, 0.5) is 0 Å². The second-order valence-electron chi connectivity index (χ2n) is 7.36. The first kappa shape index (κ1) is 26.6. The number of nitrogens with zero attached hydrogens (tertiary/aromatic N) is 2. The highest BCUT2D eigenvalue weighted by molar-refractivity contribution is 5.91. The number of likely N-dealkylation sites (N-methyl/N-ethyl adjacent to an activating group) is 2. The van der Waals surface area contributed by atoms with E-state index in [0.717, 1.165) is 35.0 Å². The van der Waals surface area contributed by atoms with Crippen LogP contribution in [0, 0.1) is 0 Å². The lowest BCUT2D eigenvalue weighted by molar-refractivity contribution is -0.907. The summed E-state index contributed by atoms with van der Waals surface area (Å²) >= 11 is 0. The molecule has 0 saturated heterocycles. The normalized spacial score (nSPS) is 12.7. The van der Waals surface area contributed by atoms with Crippen LogP contribution in [0.3, 0.4) is 0 Å². The van der Waals surface area contributed by atoms with Gasteiger partial charge in [0.05, 0.1) is 41.8 Å². The number of quaternary nitrogens is 2. The maximum Gasteiger partial charge on any atom is 0.246 e. The molecule has 0 bridgehead atoms. The summed E-state index contributed by atoms with van der Waals surface area (Å²) in [4.78, 5) is 11.3. The van der Waals surface area contributed by atoms with Crippen LogP contribution >= 0.6 is 0 Å². The first-order valence-corrected chi connectivity index (χ1v) is 7.17. The third-order valence-electron chi connectivity index (χ3n) is 3.08. The Labute approximate surface area is 148 Å². The molecule has 0 aromatic carbocycles. The molecule has 0 saturated carbocycles. The van der Waals surface area contributed by atoms with E-state index < -0.39 is 0 Å². The van der Waals surface area contributed by atoms with Crippen molar-refractivity contribution in [3.63, 3.8) is 0 Å². The molecule has 0 aromatic rings. The molecule has 0 radical (unpaired) electrons. The van der Waals surface area contributed by atoms with Gasteiger partial charge in [0.25, 0.3) is 0 Å². The third kappa shape index (κ3) is 14.6. The molecule has 1 atom stereocenters. The highest BCUT2D eigenvalue weighted by Gasteiger charge is 2.24. The first-order chi connectivity index (χ1) is 8.93. The van der Waals surface area contributed by atoms with Gasteiger partial charge in [-0.25, -0.2) is 0 Å². The minimum absolute atomic E-state index is 0. The van der Waals surface area contributed by atoms with Crippen molar-refractivity contribution in [2.24, 2.45) is 0 Å². The van der Waals surface area contributed by atoms with Crippen molar-refractivity contribution >= 4 is 5.91 Å². The molecular formula is C15H33Cl2N3O2. The average molecular weight is 358 g/mol. The van der Waals surface area contributed by atoms with Crippen LogP contribution in [0.2, 0.25) is 0 Å². The molecule has 0 fully saturated rings. The lowest BCUT2D eigenvalue weighted by Gasteiger charge is -2.34. The fourth-order valence-electron chi connectivity index (χ4n) is 2.21. The van der Waals surface area contributed by atoms with Crippen molar-refractivity contribution in [2.75, 3.05) is 61.4 Å². The Morgan fingerprint density at radius 2 is 1.64 bits per heavy atom. The Bertz CT molecular complexity index is 342. The van der Waals surface area contributed by atoms with Crippen molar-refractivity contribution in [1.82, 2.24) is 5.32 Å². The zero-order chi connectivity index (χ0) is 16.0. The number of rotatable bonds is 9. The first-order valence-electron chi connectivity index (χ1n) is 7.17. The molecule has 2 N–H and O–H groups in total. The number of carbonyl (C=O) groups is 1. The minimum Gasteiger partial charge on any atom is -1.00 e. The zero-order valence-electron chi connectivity index (χ0n) is 14.8. The molecule has 1 amide bonds. The van der Waals surface area contributed by atoms with Crippen LogP contribution in [-0.2, 0) is 4.79 Å². The summed E-state index contributed by atoms with van der Waals surface area (Å²) in [5.41, 5.74) is 0.539. The molecule has 1 unspecified atom stereocenters. The lowest BCUT2D eigenvalue weighted by atomic mass is 10.2. The molecule has 0 rings (SSSR count). The molecule has 0 heterocycles. The van der Waals surface area contributed by atoms with Crippen molar-refractivity contribution < 1.29 is 43.7 Å². The van der Waals surface area contributed by atoms with Gasteiger partial charge in [-0.15, -0.1) is 0 Å². The Morgan fingerprint density at radius 1 is 1.14 bits per heavy atom. The largest absolute Gasteiger partial charge is 1.00 e. The van der Waals surface area contributed by atoms with Gasteiger partial charge in [-0.1, -0.05) is 6.58 Å². The van der Waals surface area contributed by atoms with Crippen LogP contribution in [-0.4, -0.2) is 87.5 Å². The van der Waals surface area contributed by atoms with Gasteiger partial charge in [0, 0.05) is 18.5 Å². The number of aliphatic hydroxyl groups is 1.